The third-order valence-electron chi connectivity index (χ3n) is 3.68. The van der Waals surface area contributed by atoms with Crippen LogP contribution in [0.1, 0.15) is 24.6 Å². The Morgan fingerprint density at radius 2 is 2.40 bits per heavy atom. The van der Waals surface area contributed by atoms with Gasteiger partial charge in [0.05, 0.1) is 12.7 Å². The average molecular weight is 277 g/mol. The second-order valence-electron chi connectivity index (χ2n) is 5.14. The molecule has 1 aromatic rings. The van der Waals surface area contributed by atoms with E-state index in [0.717, 1.165) is 51.5 Å². The molecule has 1 saturated heterocycles. The SMILES string of the molecule is CCn1cc(CN2CCOC(CCOC)C2)cc1C#N. The van der Waals surface area contributed by atoms with Crippen LogP contribution in [0.4, 0.5) is 0 Å². The van der Waals surface area contributed by atoms with Gasteiger partial charge in [-0.3, -0.25) is 4.90 Å². The molecule has 0 aliphatic carbocycles. The first kappa shape index (κ1) is 15.0. The molecular formula is C15H23N3O2. The number of hydrogen-bond acceptors (Lipinski definition) is 4. The number of ether oxygens (including phenoxy) is 2. The van der Waals surface area contributed by atoms with Crippen molar-refractivity contribution in [3.05, 3.63) is 23.5 Å². The molecule has 1 atom stereocenters. The van der Waals surface area contributed by atoms with E-state index in [2.05, 4.69) is 24.1 Å². The van der Waals surface area contributed by atoms with E-state index in [1.807, 2.05) is 10.6 Å². The van der Waals surface area contributed by atoms with Crippen molar-refractivity contribution in [1.82, 2.24) is 9.47 Å². The normalized spacial score (nSPS) is 19.9. The molecule has 5 nitrogen and oxygen atoms in total. The monoisotopic (exact) mass is 277 g/mol. The maximum Gasteiger partial charge on any atom is 0.120 e. The molecule has 1 unspecified atom stereocenters. The van der Waals surface area contributed by atoms with Crippen LogP contribution in [0, 0.1) is 11.3 Å². The Morgan fingerprint density at radius 3 is 3.05 bits per heavy atom. The molecule has 0 aromatic carbocycles. The van der Waals surface area contributed by atoms with Gasteiger partial charge in [0.1, 0.15) is 11.8 Å². The molecule has 1 aromatic heterocycles. The topological polar surface area (TPSA) is 50.4 Å². The number of rotatable bonds is 6. The van der Waals surface area contributed by atoms with Gasteiger partial charge in [0.2, 0.25) is 0 Å². The first-order valence-electron chi connectivity index (χ1n) is 7.18. The number of methoxy groups -OCH3 is 1. The van der Waals surface area contributed by atoms with Gasteiger partial charge in [-0.05, 0) is 25.0 Å². The summed E-state index contributed by atoms with van der Waals surface area (Å²) < 4.78 is 12.8. The number of aryl methyl sites for hydroxylation is 1. The van der Waals surface area contributed by atoms with Gasteiger partial charge in [-0.15, -0.1) is 0 Å². The van der Waals surface area contributed by atoms with Crippen molar-refractivity contribution in [2.45, 2.75) is 32.5 Å². The second-order valence-corrected chi connectivity index (χ2v) is 5.14. The molecule has 0 amide bonds. The molecule has 110 valence electrons. The van der Waals surface area contributed by atoms with Crippen LogP contribution in [-0.4, -0.2) is 49.0 Å². The summed E-state index contributed by atoms with van der Waals surface area (Å²) in [6.45, 7) is 7.17. The third-order valence-corrected chi connectivity index (χ3v) is 3.68. The molecule has 1 fully saturated rings. The van der Waals surface area contributed by atoms with Gasteiger partial charge in [0.15, 0.2) is 0 Å². The minimum absolute atomic E-state index is 0.257. The summed E-state index contributed by atoms with van der Waals surface area (Å²) in [5, 5.41) is 9.09. The van der Waals surface area contributed by atoms with E-state index in [0.29, 0.717) is 0 Å². The van der Waals surface area contributed by atoms with E-state index in [-0.39, 0.29) is 6.10 Å². The predicted molar refractivity (Wildman–Crippen MR) is 76.3 cm³/mol. The van der Waals surface area contributed by atoms with Gasteiger partial charge in [-0.1, -0.05) is 0 Å². The zero-order valence-electron chi connectivity index (χ0n) is 12.3. The van der Waals surface area contributed by atoms with Crippen LogP contribution < -0.4 is 0 Å². The quantitative estimate of drug-likeness (QED) is 0.793. The molecule has 2 heterocycles. The van der Waals surface area contributed by atoms with Gasteiger partial charge in [0.25, 0.3) is 0 Å². The molecular weight excluding hydrogens is 254 g/mol. The maximum atomic E-state index is 9.09. The minimum Gasteiger partial charge on any atom is -0.385 e. The maximum absolute atomic E-state index is 9.09. The van der Waals surface area contributed by atoms with Gasteiger partial charge in [0, 0.05) is 46.1 Å². The summed E-state index contributed by atoms with van der Waals surface area (Å²) in [5.74, 6) is 0. The Hall–Kier alpha value is -1.35. The molecule has 5 heteroatoms. The van der Waals surface area contributed by atoms with Crippen molar-refractivity contribution in [1.29, 1.82) is 5.26 Å². The molecule has 1 aliphatic rings. The number of aromatic nitrogens is 1. The van der Waals surface area contributed by atoms with Crippen molar-refractivity contribution in [2.24, 2.45) is 0 Å². The summed E-state index contributed by atoms with van der Waals surface area (Å²) in [7, 11) is 1.72. The first-order valence-corrected chi connectivity index (χ1v) is 7.18. The fourth-order valence-corrected chi connectivity index (χ4v) is 2.62. The van der Waals surface area contributed by atoms with E-state index in [4.69, 9.17) is 14.7 Å². The van der Waals surface area contributed by atoms with Crippen molar-refractivity contribution >= 4 is 0 Å². The van der Waals surface area contributed by atoms with Crippen LogP contribution >= 0.6 is 0 Å². The van der Waals surface area contributed by atoms with E-state index in [9.17, 15) is 0 Å². The van der Waals surface area contributed by atoms with Gasteiger partial charge < -0.3 is 14.0 Å². The Bertz CT molecular complexity index is 464. The fraction of sp³-hybridized carbons (Fsp3) is 0.667. The summed E-state index contributed by atoms with van der Waals surface area (Å²) in [6.07, 6.45) is 3.28. The smallest absolute Gasteiger partial charge is 0.120 e. The molecule has 2 rings (SSSR count). The van der Waals surface area contributed by atoms with Crippen molar-refractivity contribution in [2.75, 3.05) is 33.4 Å². The van der Waals surface area contributed by atoms with Crippen LogP contribution in [0.3, 0.4) is 0 Å². The van der Waals surface area contributed by atoms with Crippen molar-refractivity contribution in [3.63, 3.8) is 0 Å². The fourth-order valence-electron chi connectivity index (χ4n) is 2.62. The van der Waals surface area contributed by atoms with Crippen LogP contribution in [0.15, 0.2) is 12.3 Å². The summed E-state index contributed by atoms with van der Waals surface area (Å²) in [5.41, 5.74) is 1.95. The largest absolute Gasteiger partial charge is 0.385 e. The van der Waals surface area contributed by atoms with Crippen LogP contribution in [-0.2, 0) is 22.6 Å². The number of nitrogens with zero attached hydrogens (tertiary/aromatic N) is 3. The molecule has 20 heavy (non-hydrogen) atoms. The zero-order valence-corrected chi connectivity index (χ0v) is 12.3. The van der Waals surface area contributed by atoms with E-state index in [1.54, 1.807) is 7.11 Å². The van der Waals surface area contributed by atoms with Gasteiger partial charge in [-0.25, -0.2) is 0 Å². The predicted octanol–water partition coefficient (Wildman–Crippen LogP) is 1.62. The molecule has 1 aliphatic heterocycles. The van der Waals surface area contributed by atoms with Gasteiger partial charge >= 0.3 is 0 Å². The first-order chi connectivity index (χ1) is 9.76. The highest BCUT2D eigenvalue weighted by atomic mass is 16.5. The standard InChI is InChI=1S/C15H23N3O2/c1-3-18-11-13(8-14(18)9-16)10-17-5-7-20-15(12-17)4-6-19-2/h8,11,15H,3-7,10,12H2,1-2H3. The molecule has 0 N–H and O–H groups in total. The molecule has 0 saturated carbocycles. The highest BCUT2D eigenvalue weighted by molar-refractivity contribution is 5.28. The van der Waals surface area contributed by atoms with E-state index in [1.165, 1.54) is 5.56 Å². The highest BCUT2D eigenvalue weighted by Gasteiger charge is 2.20. The lowest BCUT2D eigenvalue weighted by molar-refractivity contribution is -0.0432. The Kier molecular flexibility index (Phi) is 5.60. The lowest BCUT2D eigenvalue weighted by Gasteiger charge is -2.32. The van der Waals surface area contributed by atoms with Crippen LogP contribution in [0.2, 0.25) is 0 Å². The van der Waals surface area contributed by atoms with Crippen molar-refractivity contribution < 1.29 is 9.47 Å². The summed E-state index contributed by atoms with van der Waals surface area (Å²) in [4.78, 5) is 2.39. The van der Waals surface area contributed by atoms with Crippen LogP contribution in [0.25, 0.3) is 0 Å². The molecule has 0 radical (unpaired) electrons. The molecule has 0 spiro atoms. The van der Waals surface area contributed by atoms with Crippen molar-refractivity contribution in [3.8, 4) is 6.07 Å². The Balaban J connectivity index is 1.92. The van der Waals surface area contributed by atoms with E-state index < -0.39 is 0 Å². The number of morpholine rings is 1. The number of nitriles is 1. The summed E-state index contributed by atoms with van der Waals surface area (Å²) >= 11 is 0. The minimum atomic E-state index is 0.257. The lowest BCUT2D eigenvalue weighted by Crippen LogP contribution is -2.42. The highest BCUT2D eigenvalue weighted by Crippen LogP contribution is 2.15. The van der Waals surface area contributed by atoms with E-state index >= 15 is 0 Å². The van der Waals surface area contributed by atoms with Crippen LogP contribution in [0.5, 0.6) is 0 Å². The lowest BCUT2D eigenvalue weighted by atomic mass is 10.2. The number of hydrogen-bond donors (Lipinski definition) is 0. The molecule has 0 bridgehead atoms. The Labute approximate surface area is 120 Å². The average Bonchev–Trinajstić information content (AvgIpc) is 2.87. The summed E-state index contributed by atoms with van der Waals surface area (Å²) in [6, 6.07) is 4.23. The third kappa shape index (κ3) is 3.83. The zero-order chi connectivity index (χ0) is 14.4. The second kappa shape index (κ2) is 7.44. The Morgan fingerprint density at radius 1 is 1.55 bits per heavy atom. The van der Waals surface area contributed by atoms with Gasteiger partial charge in [-0.2, -0.15) is 5.26 Å².